The molecule has 4 atom stereocenters. The number of benzene rings is 2. The predicted molar refractivity (Wildman–Crippen MR) is 104 cm³/mol. The summed E-state index contributed by atoms with van der Waals surface area (Å²) in [5, 5.41) is 20.3. The van der Waals surface area contributed by atoms with Gasteiger partial charge in [-0.2, -0.15) is 0 Å². The molecule has 2 aromatic rings. The largest absolute Gasteiger partial charge is 0.489 e. The van der Waals surface area contributed by atoms with E-state index in [9.17, 15) is 15.0 Å². The van der Waals surface area contributed by atoms with Crippen molar-refractivity contribution in [3.8, 4) is 11.5 Å². The van der Waals surface area contributed by atoms with Gasteiger partial charge in [-0.3, -0.25) is 0 Å². The second-order valence-electron chi connectivity index (χ2n) is 6.97. The van der Waals surface area contributed by atoms with Crippen molar-refractivity contribution < 1.29 is 34.0 Å². The summed E-state index contributed by atoms with van der Waals surface area (Å²) in [6.45, 7) is 2.34. The number of hydrogen-bond donors (Lipinski definition) is 2. The summed E-state index contributed by atoms with van der Waals surface area (Å²) >= 11 is 0. The van der Waals surface area contributed by atoms with Crippen LogP contribution in [0.25, 0.3) is 5.57 Å². The lowest BCUT2D eigenvalue weighted by atomic mass is 10.0. The van der Waals surface area contributed by atoms with Crippen LogP contribution in [0.1, 0.15) is 22.8 Å². The fourth-order valence-electron chi connectivity index (χ4n) is 3.28. The van der Waals surface area contributed by atoms with Crippen molar-refractivity contribution in [1.82, 2.24) is 0 Å². The second-order valence-corrected chi connectivity index (χ2v) is 6.97. The average molecular weight is 398 g/mol. The molecule has 1 saturated heterocycles. The van der Waals surface area contributed by atoms with Gasteiger partial charge in [-0.25, -0.2) is 4.79 Å². The van der Waals surface area contributed by atoms with E-state index >= 15 is 0 Å². The fourth-order valence-corrected chi connectivity index (χ4v) is 3.28. The number of esters is 1. The van der Waals surface area contributed by atoms with Crippen LogP contribution in [0.5, 0.6) is 11.5 Å². The van der Waals surface area contributed by atoms with Crippen molar-refractivity contribution >= 4 is 11.5 Å². The Bertz CT molecular complexity index is 909. The summed E-state index contributed by atoms with van der Waals surface area (Å²) in [6.07, 6.45) is -2.84. The molecule has 2 heterocycles. The molecule has 7 heteroatoms. The molecule has 0 spiro atoms. The molecule has 7 nitrogen and oxygen atoms in total. The third-order valence-corrected chi connectivity index (χ3v) is 4.94. The highest BCUT2D eigenvalue weighted by atomic mass is 16.7. The highest BCUT2D eigenvalue weighted by Gasteiger charge is 2.43. The van der Waals surface area contributed by atoms with E-state index in [2.05, 4.69) is 0 Å². The van der Waals surface area contributed by atoms with Crippen LogP contribution in [0.2, 0.25) is 0 Å². The van der Waals surface area contributed by atoms with Crippen LogP contribution in [0.4, 0.5) is 0 Å². The molecule has 0 unspecified atom stereocenters. The number of aliphatic hydroxyl groups excluding tert-OH is 2. The van der Waals surface area contributed by atoms with E-state index in [1.54, 1.807) is 42.5 Å². The van der Waals surface area contributed by atoms with Gasteiger partial charge in [-0.15, -0.1) is 0 Å². The van der Waals surface area contributed by atoms with Crippen LogP contribution in [0.3, 0.4) is 0 Å². The van der Waals surface area contributed by atoms with Gasteiger partial charge in [0.05, 0.1) is 12.2 Å². The van der Waals surface area contributed by atoms with E-state index < -0.39 is 30.6 Å². The van der Waals surface area contributed by atoms with Gasteiger partial charge in [0.15, 0.2) is 6.10 Å². The number of fused-ring (bicyclic) bond motifs is 1. The number of hydrogen-bond acceptors (Lipinski definition) is 7. The van der Waals surface area contributed by atoms with Crippen molar-refractivity contribution in [2.45, 2.75) is 31.5 Å². The zero-order valence-electron chi connectivity index (χ0n) is 15.9. The molecule has 2 aliphatic rings. The molecule has 29 heavy (non-hydrogen) atoms. The Morgan fingerprint density at radius 3 is 2.72 bits per heavy atom. The quantitative estimate of drug-likeness (QED) is 0.762. The molecule has 2 aliphatic heterocycles. The Balaban J connectivity index is 1.53. The lowest BCUT2D eigenvalue weighted by molar-refractivity contribution is -0.241. The maximum absolute atomic E-state index is 12.4. The summed E-state index contributed by atoms with van der Waals surface area (Å²) in [5.41, 5.74) is 2.40. The van der Waals surface area contributed by atoms with E-state index in [1.165, 1.54) is 0 Å². The van der Waals surface area contributed by atoms with Gasteiger partial charge in [-0.1, -0.05) is 18.2 Å². The van der Waals surface area contributed by atoms with Crippen LogP contribution < -0.4 is 9.47 Å². The maximum atomic E-state index is 12.4. The summed E-state index contributed by atoms with van der Waals surface area (Å²) in [6, 6.07) is 13.7. The SMILES string of the molecule is CC1=CCOc2cc(O[C@@H]3OC[C@H](O)[C@H](O)[C@H]3OC(=O)c3ccccc3)ccc21. The van der Waals surface area contributed by atoms with Crippen LogP contribution in [0.15, 0.2) is 54.6 Å². The van der Waals surface area contributed by atoms with Gasteiger partial charge >= 0.3 is 5.97 Å². The van der Waals surface area contributed by atoms with Crippen molar-refractivity contribution in [2.75, 3.05) is 13.2 Å². The van der Waals surface area contributed by atoms with E-state index in [-0.39, 0.29) is 6.61 Å². The number of ether oxygens (including phenoxy) is 4. The lowest BCUT2D eigenvalue weighted by Gasteiger charge is -2.37. The molecule has 0 aromatic heterocycles. The van der Waals surface area contributed by atoms with Crippen LogP contribution in [-0.2, 0) is 9.47 Å². The van der Waals surface area contributed by atoms with Crippen LogP contribution >= 0.6 is 0 Å². The first-order valence-electron chi connectivity index (χ1n) is 9.37. The Hall–Kier alpha value is -2.87. The minimum absolute atomic E-state index is 0.144. The van der Waals surface area contributed by atoms with E-state index in [0.717, 1.165) is 11.1 Å². The van der Waals surface area contributed by atoms with Crippen LogP contribution in [0, 0.1) is 0 Å². The highest BCUT2D eigenvalue weighted by Crippen LogP contribution is 2.34. The molecule has 0 bridgehead atoms. The van der Waals surface area contributed by atoms with Gasteiger partial charge in [0.25, 0.3) is 0 Å². The number of allylic oxidation sites excluding steroid dienone is 1. The van der Waals surface area contributed by atoms with Gasteiger partial charge in [0.2, 0.25) is 6.29 Å². The Kier molecular flexibility index (Phi) is 5.53. The second kappa shape index (κ2) is 8.24. The Morgan fingerprint density at radius 1 is 1.14 bits per heavy atom. The number of carbonyl (C=O) groups excluding carboxylic acids is 1. The van der Waals surface area contributed by atoms with Gasteiger partial charge in [-0.05, 0) is 42.8 Å². The molecule has 0 radical (unpaired) electrons. The minimum atomic E-state index is -1.35. The molecule has 2 N–H and O–H groups in total. The minimum Gasteiger partial charge on any atom is -0.489 e. The normalized spacial score (nSPS) is 26.0. The summed E-state index contributed by atoms with van der Waals surface area (Å²) in [5.74, 6) is 0.472. The predicted octanol–water partition coefficient (Wildman–Crippen LogP) is 2.16. The molecule has 1 fully saturated rings. The lowest BCUT2D eigenvalue weighted by Crippen LogP contribution is -2.56. The number of rotatable bonds is 4. The fraction of sp³-hybridized carbons (Fsp3) is 0.318. The standard InChI is InChI=1S/C22H22O7/c1-13-9-10-26-18-11-15(7-8-16(13)18)28-22-20(19(24)17(23)12-27-22)29-21(25)14-5-3-2-4-6-14/h2-9,11,17,19-20,22-24H,10,12H2,1H3/t17-,19-,20+,22-/m0/s1. The topological polar surface area (TPSA) is 94.5 Å². The number of carbonyl (C=O) groups is 1. The summed E-state index contributed by atoms with van der Waals surface area (Å²) in [7, 11) is 0. The van der Waals surface area contributed by atoms with Gasteiger partial charge in [0.1, 0.15) is 30.3 Å². The first kappa shape index (κ1) is 19.4. The molecule has 2 aromatic carbocycles. The molecular formula is C22H22O7. The highest BCUT2D eigenvalue weighted by molar-refractivity contribution is 5.89. The molecule has 0 saturated carbocycles. The van der Waals surface area contributed by atoms with E-state index in [1.807, 2.05) is 19.1 Å². The van der Waals surface area contributed by atoms with Gasteiger partial charge in [0, 0.05) is 11.6 Å². The van der Waals surface area contributed by atoms with Crippen molar-refractivity contribution in [3.05, 3.63) is 65.7 Å². The average Bonchev–Trinajstić information content (AvgIpc) is 2.74. The van der Waals surface area contributed by atoms with Crippen molar-refractivity contribution in [2.24, 2.45) is 0 Å². The monoisotopic (exact) mass is 398 g/mol. The molecule has 4 rings (SSSR count). The first-order chi connectivity index (χ1) is 14.0. The van der Waals surface area contributed by atoms with Crippen molar-refractivity contribution in [3.63, 3.8) is 0 Å². The zero-order valence-corrected chi connectivity index (χ0v) is 15.9. The Morgan fingerprint density at radius 2 is 1.93 bits per heavy atom. The smallest absolute Gasteiger partial charge is 0.338 e. The zero-order chi connectivity index (χ0) is 20.4. The molecule has 0 amide bonds. The first-order valence-corrected chi connectivity index (χ1v) is 9.37. The van der Waals surface area contributed by atoms with E-state index in [0.29, 0.717) is 23.7 Å². The third kappa shape index (κ3) is 4.12. The maximum Gasteiger partial charge on any atom is 0.338 e. The Labute approximate surface area is 168 Å². The molecule has 0 aliphatic carbocycles. The molecule has 152 valence electrons. The van der Waals surface area contributed by atoms with Gasteiger partial charge < -0.3 is 29.2 Å². The summed E-state index contributed by atoms with van der Waals surface area (Å²) < 4.78 is 22.4. The third-order valence-electron chi connectivity index (χ3n) is 4.94. The number of aliphatic hydroxyl groups is 2. The van der Waals surface area contributed by atoms with Crippen molar-refractivity contribution in [1.29, 1.82) is 0 Å². The molecular weight excluding hydrogens is 376 g/mol. The van der Waals surface area contributed by atoms with Crippen LogP contribution in [-0.4, -0.2) is 54.0 Å². The summed E-state index contributed by atoms with van der Waals surface area (Å²) in [4.78, 5) is 12.4. The van der Waals surface area contributed by atoms with E-state index in [4.69, 9.17) is 18.9 Å².